The topological polar surface area (TPSA) is 107 Å². The maximum Gasteiger partial charge on any atom is 0.289 e. The van der Waals surface area contributed by atoms with Crippen LogP contribution in [0.5, 0.6) is 0 Å². The maximum atomic E-state index is 13.4. The van der Waals surface area contributed by atoms with Gasteiger partial charge in [0.15, 0.2) is 5.82 Å². The van der Waals surface area contributed by atoms with Gasteiger partial charge in [-0.2, -0.15) is 0 Å². The van der Waals surface area contributed by atoms with Gasteiger partial charge in [-0.25, -0.2) is 4.98 Å². The normalized spacial score (nSPS) is 17.3. The van der Waals surface area contributed by atoms with E-state index in [-0.39, 0.29) is 5.91 Å². The molecule has 9 nitrogen and oxygen atoms in total. The van der Waals surface area contributed by atoms with Crippen molar-refractivity contribution in [1.29, 1.82) is 0 Å². The van der Waals surface area contributed by atoms with Crippen molar-refractivity contribution in [3.63, 3.8) is 0 Å². The molecule has 176 valence electrons. The van der Waals surface area contributed by atoms with E-state index in [1.165, 1.54) is 0 Å². The van der Waals surface area contributed by atoms with E-state index >= 15 is 0 Å². The first-order valence-electron chi connectivity index (χ1n) is 11.5. The van der Waals surface area contributed by atoms with Gasteiger partial charge < -0.3 is 19.8 Å². The lowest BCUT2D eigenvalue weighted by molar-refractivity contribution is 0.0584. The summed E-state index contributed by atoms with van der Waals surface area (Å²) in [4.78, 5) is 29.7. The van der Waals surface area contributed by atoms with Gasteiger partial charge in [0.2, 0.25) is 0 Å². The van der Waals surface area contributed by atoms with E-state index in [0.29, 0.717) is 37.7 Å². The minimum absolute atomic E-state index is 0.0937. The van der Waals surface area contributed by atoms with Gasteiger partial charge in [-0.15, -0.1) is 0 Å². The number of nitrogens with zero attached hydrogens (tertiary/aromatic N) is 5. The third kappa shape index (κ3) is 4.32. The molecule has 2 aromatic heterocycles. The summed E-state index contributed by atoms with van der Waals surface area (Å²) < 4.78 is 5.17. The molecule has 0 bridgehead atoms. The molecule has 0 saturated carbocycles. The summed E-state index contributed by atoms with van der Waals surface area (Å²) in [7, 11) is 1.70. The van der Waals surface area contributed by atoms with Gasteiger partial charge in [-0.1, -0.05) is 17.3 Å². The van der Waals surface area contributed by atoms with E-state index in [4.69, 9.17) is 9.72 Å². The summed E-state index contributed by atoms with van der Waals surface area (Å²) in [6.07, 6.45) is 4.99. The zero-order valence-corrected chi connectivity index (χ0v) is 19.2. The Balaban J connectivity index is 1.45. The summed E-state index contributed by atoms with van der Waals surface area (Å²) in [5.74, 6) is 0.245. The molecule has 1 aliphatic carbocycles. The Kier molecular flexibility index (Phi) is 6.37. The van der Waals surface area contributed by atoms with Crippen molar-refractivity contribution in [1.82, 2.24) is 24.8 Å². The van der Waals surface area contributed by atoms with Crippen molar-refractivity contribution in [2.45, 2.75) is 12.8 Å². The molecule has 3 heterocycles. The van der Waals surface area contributed by atoms with Crippen molar-refractivity contribution in [2.24, 2.45) is 5.16 Å². The number of imidazole rings is 1. The number of benzene rings is 1. The van der Waals surface area contributed by atoms with E-state index in [0.717, 1.165) is 59.7 Å². The van der Waals surface area contributed by atoms with Crippen LogP contribution in [0.15, 0.2) is 47.9 Å². The highest BCUT2D eigenvalue weighted by Gasteiger charge is 2.27. The number of fused-ring (bicyclic) bond motifs is 1. The smallest absolute Gasteiger partial charge is 0.289 e. The van der Waals surface area contributed by atoms with Gasteiger partial charge in [0.05, 0.1) is 23.7 Å². The number of hydrogen-bond acceptors (Lipinski definition) is 7. The number of oxime groups is 1. The number of aromatic nitrogens is 3. The maximum absolute atomic E-state index is 13.4. The van der Waals surface area contributed by atoms with Crippen molar-refractivity contribution in [3.8, 4) is 22.5 Å². The fourth-order valence-corrected chi connectivity index (χ4v) is 4.68. The fourth-order valence-electron chi connectivity index (χ4n) is 4.68. The monoisotopic (exact) mass is 460 g/mol. The lowest BCUT2D eigenvalue weighted by Crippen LogP contribution is -2.49. The molecule has 5 rings (SSSR count). The number of pyridine rings is 1. The fraction of sp³-hybridized carbons (Fsp3) is 0.360. The second-order valence-corrected chi connectivity index (χ2v) is 8.59. The second kappa shape index (κ2) is 9.74. The van der Waals surface area contributed by atoms with Crippen LogP contribution in [0, 0.1) is 0 Å². The van der Waals surface area contributed by atoms with E-state index in [1.54, 1.807) is 19.5 Å². The Labute approximate surface area is 198 Å². The van der Waals surface area contributed by atoms with E-state index in [2.05, 4.69) is 26.1 Å². The molecule has 1 saturated heterocycles. The number of rotatable bonds is 6. The molecular formula is C25H28N6O3. The number of H-pyrrole nitrogens is 1. The molecule has 34 heavy (non-hydrogen) atoms. The number of aryl methyl sites for hydroxylation is 1. The highest BCUT2D eigenvalue weighted by molar-refractivity contribution is 6.04. The largest absolute Gasteiger partial charge is 0.411 e. The van der Waals surface area contributed by atoms with Crippen molar-refractivity contribution >= 4 is 11.6 Å². The lowest BCUT2D eigenvalue weighted by atomic mass is 10.0. The zero-order chi connectivity index (χ0) is 23.5. The molecule has 0 atom stereocenters. The van der Waals surface area contributed by atoms with Crippen molar-refractivity contribution in [3.05, 3.63) is 59.7 Å². The molecule has 2 aliphatic rings. The summed E-state index contributed by atoms with van der Waals surface area (Å²) in [6, 6.07) is 9.84. The molecule has 0 radical (unpaired) electrons. The van der Waals surface area contributed by atoms with Crippen LogP contribution in [-0.2, 0) is 11.2 Å². The van der Waals surface area contributed by atoms with Gasteiger partial charge in [-0.05, 0) is 36.6 Å². The summed E-state index contributed by atoms with van der Waals surface area (Å²) >= 11 is 0. The van der Waals surface area contributed by atoms with Gasteiger partial charge >= 0.3 is 0 Å². The van der Waals surface area contributed by atoms with Crippen molar-refractivity contribution < 1.29 is 14.7 Å². The molecule has 0 unspecified atom stereocenters. The first-order chi connectivity index (χ1) is 16.7. The van der Waals surface area contributed by atoms with Crippen LogP contribution >= 0.6 is 0 Å². The minimum Gasteiger partial charge on any atom is -0.411 e. The average molecular weight is 461 g/mol. The van der Waals surface area contributed by atoms with Crippen LogP contribution in [0.4, 0.5) is 0 Å². The molecule has 1 aliphatic heterocycles. The highest BCUT2D eigenvalue weighted by Crippen LogP contribution is 2.33. The number of carbonyl (C=O) groups excluding carboxylic acids is 1. The Hall–Kier alpha value is -3.56. The Morgan fingerprint density at radius 1 is 1.12 bits per heavy atom. The Morgan fingerprint density at radius 2 is 1.91 bits per heavy atom. The zero-order valence-electron chi connectivity index (χ0n) is 19.2. The number of aromatic amines is 1. The number of nitrogens with one attached hydrogen (secondary N) is 1. The number of carbonyl (C=O) groups is 1. The van der Waals surface area contributed by atoms with Gasteiger partial charge in [-0.3, -0.25) is 14.7 Å². The molecular weight excluding hydrogens is 432 g/mol. The quantitative estimate of drug-likeness (QED) is 0.433. The predicted octanol–water partition coefficient (Wildman–Crippen LogP) is 2.67. The number of methoxy groups -OCH3 is 1. The lowest BCUT2D eigenvalue weighted by Gasteiger charge is -2.34. The first-order valence-corrected chi connectivity index (χ1v) is 11.5. The number of hydrogen-bond donors (Lipinski definition) is 2. The molecule has 9 heteroatoms. The van der Waals surface area contributed by atoms with Crippen LogP contribution in [0.2, 0.25) is 0 Å². The molecule has 3 aromatic rings. The molecule has 1 aromatic carbocycles. The molecule has 0 spiro atoms. The highest BCUT2D eigenvalue weighted by atomic mass is 16.5. The molecule has 2 N–H and O–H groups in total. The Bertz CT molecular complexity index is 1200. The average Bonchev–Trinajstić information content (AvgIpc) is 3.52. The second-order valence-electron chi connectivity index (χ2n) is 8.59. The third-order valence-electron chi connectivity index (χ3n) is 6.59. The summed E-state index contributed by atoms with van der Waals surface area (Å²) in [5.41, 5.74) is 6.15. The first kappa shape index (κ1) is 22.2. The number of ether oxygens (including phenoxy) is 1. The predicted molar refractivity (Wildman–Crippen MR) is 128 cm³/mol. The van der Waals surface area contributed by atoms with Gasteiger partial charge in [0.1, 0.15) is 0 Å². The van der Waals surface area contributed by atoms with Gasteiger partial charge in [0.25, 0.3) is 5.91 Å². The van der Waals surface area contributed by atoms with Crippen molar-refractivity contribution in [2.75, 3.05) is 46.4 Å². The number of amides is 1. The Morgan fingerprint density at radius 3 is 2.65 bits per heavy atom. The molecule has 1 amide bonds. The van der Waals surface area contributed by atoms with E-state index < -0.39 is 0 Å². The SMILES string of the molecule is COCCN1CCN(C(=O)c2nc(-c3ccc4c(c3)CC/C4=N\O)c(-c3ccncc3)[nH]2)CC1. The van der Waals surface area contributed by atoms with Crippen LogP contribution in [-0.4, -0.2) is 88.0 Å². The minimum atomic E-state index is -0.0937. The number of piperazine rings is 1. The standard InChI is InChI=1S/C25H28N6O3/c1-34-15-14-30-10-12-31(13-11-30)25(32)24-27-22(17-6-8-26-9-7-17)23(28-24)19-2-4-20-18(16-19)3-5-21(20)29-33/h2,4,6-9,16,33H,3,5,10-15H2,1H3,(H,27,28)/b29-21+. The molecule has 1 fully saturated rings. The van der Waals surface area contributed by atoms with E-state index in [1.807, 2.05) is 29.2 Å². The summed E-state index contributed by atoms with van der Waals surface area (Å²) in [6.45, 7) is 4.52. The van der Waals surface area contributed by atoms with Gasteiger partial charge in [0, 0.05) is 68.9 Å². The van der Waals surface area contributed by atoms with Crippen LogP contribution in [0.25, 0.3) is 22.5 Å². The third-order valence-corrected chi connectivity index (χ3v) is 6.59. The van der Waals surface area contributed by atoms with Crippen LogP contribution in [0.1, 0.15) is 28.2 Å². The van der Waals surface area contributed by atoms with Crippen LogP contribution < -0.4 is 0 Å². The summed E-state index contributed by atoms with van der Waals surface area (Å²) in [5, 5.41) is 12.7. The van der Waals surface area contributed by atoms with Crippen LogP contribution in [0.3, 0.4) is 0 Å². The van der Waals surface area contributed by atoms with E-state index in [9.17, 15) is 10.0 Å².